The monoisotopic (exact) mass is 215 g/mol. The minimum atomic E-state index is 0.827. The van der Waals surface area contributed by atoms with Gasteiger partial charge in [-0.15, -0.1) is 0 Å². The molecule has 4 rings (SSSR count). The first-order valence-corrected chi connectivity index (χ1v) is 6.61. The summed E-state index contributed by atoms with van der Waals surface area (Å²) in [6.45, 7) is 4.94. The second kappa shape index (κ2) is 4.21. The normalized spacial score (nSPS) is 32.9. The highest BCUT2D eigenvalue weighted by atomic mass is 15.2. The van der Waals surface area contributed by atoms with E-state index in [-0.39, 0.29) is 0 Å². The zero-order chi connectivity index (χ0) is 11.0. The maximum Gasteiger partial charge on any atom is 0.0138 e. The summed E-state index contributed by atoms with van der Waals surface area (Å²) in [6, 6.07) is 9.70. The van der Waals surface area contributed by atoms with Gasteiger partial charge >= 0.3 is 0 Å². The zero-order valence-corrected chi connectivity index (χ0v) is 10.2. The molecule has 0 amide bonds. The number of rotatable bonds is 2. The highest BCUT2D eigenvalue weighted by molar-refractivity contribution is 5.26. The van der Waals surface area contributed by atoms with Gasteiger partial charge in [0.2, 0.25) is 0 Å². The molecule has 3 saturated heterocycles. The van der Waals surface area contributed by atoms with E-state index in [0.29, 0.717) is 0 Å². The van der Waals surface area contributed by atoms with E-state index < -0.39 is 0 Å². The number of piperidine rings is 3. The fourth-order valence-corrected chi connectivity index (χ4v) is 3.39. The van der Waals surface area contributed by atoms with E-state index in [0.717, 1.165) is 12.0 Å². The van der Waals surface area contributed by atoms with Crippen LogP contribution in [-0.4, -0.2) is 24.0 Å². The minimum absolute atomic E-state index is 0.827. The number of hydrogen-bond donors (Lipinski definition) is 0. The van der Waals surface area contributed by atoms with Gasteiger partial charge in [0.15, 0.2) is 0 Å². The lowest BCUT2D eigenvalue weighted by atomic mass is 9.81. The Balaban J connectivity index is 1.73. The summed E-state index contributed by atoms with van der Waals surface area (Å²) in [5.74, 6) is 1.03. The van der Waals surface area contributed by atoms with Gasteiger partial charge in [0.05, 0.1) is 0 Å². The molecule has 1 aromatic carbocycles. The SMILES string of the molecule is Cc1ccccc1CC1CC2CCN1CC2. The van der Waals surface area contributed by atoms with Crippen molar-refractivity contribution >= 4 is 0 Å². The van der Waals surface area contributed by atoms with E-state index in [1.165, 1.54) is 44.3 Å². The lowest BCUT2D eigenvalue weighted by molar-refractivity contribution is 0.0498. The molecule has 3 aliphatic heterocycles. The van der Waals surface area contributed by atoms with Crippen LogP contribution in [-0.2, 0) is 6.42 Å². The molecular weight excluding hydrogens is 194 g/mol. The summed E-state index contributed by atoms with van der Waals surface area (Å²) in [7, 11) is 0. The predicted octanol–water partition coefficient (Wildman–Crippen LogP) is 3.02. The van der Waals surface area contributed by atoms with Gasteiger partial charge in [-0.25, -0.2) is 0 Å². The Hall–Kier alpha value is -0.820. The van der Waals surface area contributed by atoms with Gasteiger partial charge in [-0.3, -0.25) is 0 Å². The standard InChI is InChI=1S/C15H21N/c1-12-4-2-3-5-14(12)11-15-10-13-6-8-16(15)9-7-13/h2-5,13,15H,6-11H2,1H3. The Kier molecular flexibility index (Phi) is 2.72. The molecular formula is C15H21N. The molecule has 0 N–H and O–H groups in total. The molecule has 0 aliphatic carbocycles. The molecule has 1 nitrogen and oxygen atoms in total. The van der Waals surface area contributed by atoms with Gasteiger partial charge in [-0.05, 0) is 62.7 Å². The Bertz CT molecular complexity index is 363. The highest BCUT2D eigenvalue weighted by Gasteiger charge is 2.33. The molecule has 1 aromatic rings. The average molecular weight is 215 g/mol. The average Bonchev–Trinajstić information content (AvgIpc) is 2.34. The lowest BCUT2D eigenvalue weighted by Gasteiger charge is -2.45. The molecule has 3 heterocycles. The smallest absolute Gasteiger partial charge is 0.0138 e. The van der Waals surface area contributed by atoms with E-state index in [9.17, 15) is 0 Å². The van der Waals surface area contributed by atoms with Crippen LogP contribution in [0.5, 0.6) is 0 Å². The van der Waals surface area contributed by atoms with Crippen molar-refractivity contribution in [1.82, 2.24) is 4.90 Å². The van der Waals surface area contributed by atoms with E-state index in [1.54, 1.807) is 5.56 Å². The first kappa shape index (κ1) is 10.3. The van der Waals surface area contributed by atoms with Crippen LogP contribution >= 0.6 is 0 Å². The zero-order valence-electron chi connectivity index (χ0n) is 10.2. The third-order valence-corrected chi connectivity index (χ3v) is 4.49. The van der Waals surface area contributed by atoms with E-state index in [1.807, 2.05) is 0 Å². The number of aryl methyl sites for hydroxylation is 1. The van der Waals surface area contributed by atoms with Crippen LogP contribution in [0.15, 0.2) is 24.3 Å². The molecule has 1 atom stereocenters. The van der Waals surface area contributed by atoms with Crippen LogP contribution in [0.2, 0.25) is 0 Å². The summed E-state index contributed by atoms with van der Waals surface area (Å²) in [4.78, 5) is 2.71. The topological polar surface area (TPSA) is 3.24 Å². The van der Waals surface area contributed by atoms with Gasteiger partial charge in [-0.1, -0.05) is 24.3 Å². The molecule has 0 spiro atoms. The molecule has 2 bridgehead atoms. The fourth-order valence-electron chi connectivity index (χ4n) is 3.39. The van der Waals surface area contributed by atoms with E-state index >= 15 is 0 Å². The van der Waals surface area contributed by atoms with Crippen molar-refractivity contribution in [3.8, 4) is 0 Å². The highest BCUT2D eigenvalue weighted by Crippen LogP contribution is 2.33. The summed E-state index contributed by atoms with van der Waals surface area (Å²) >= 11 is 0. The van der Waals surface area contributed by atoms with Crippen LogP contribution in [0.4, 0.5) is 0 Å². The molecule has 0 aromatic heterocycles. The lowest BCUT2D eigenvalue weighted by Crippen LogP contribution is -2.49. The third-order valence-electron chi connectivity index (χ3n) is 4.49. The molecule has 86 valence electrons. The Morgan fingerprint density at radius 2 is 1.94 bits per heavy atom. The van der Waals surface area contributed by atoms with Crippen molar-refractivity contribution in [3.63, 3.8) is 0 Å². The molecule has 1 heteroatoms. The van der Waals surface area contributed by atoms with Crippen LogP contribution < -0.4 is 0 Å². The number of fused-ring (bicyclic) bond motifs is 3. The second-order valence-electron chi connectivity index (χ2n) is 5.50. The fraction of sp³-hybridized carbons (Fsp3) is 0.600. The largest absolute Gasteiger partial charge is 0.300 e. The molecule has 16 heavy (non-hydrogen) atoms. The van der Waals surface area contributed by atoms with Crippen molar-refractivity contribution in [2.45, 2.75) is 38.6 Å². The molecule has 3 fully saturated rings. The van der Waals surface area contributed by atoms with Crippen molar-refractivity contribution < 1.29 is 0 Å². The Morgan fingerprint density at radius 3 is 2.56 bits per heavy atom. The second-order valence-corrected chi connectivity index (χ2v) is 5.50. The maximum absolute atomic E-state index is 2.71. The van der Waals surface area contributed by atoms with Gasteiger partial charge < -0.3 is 4.90 Å². The number of nitrogens with zero attached hydrogens (tertiary/aromatic N) is 1. The maximum atomic E-state index is 2.71. The molecule has 0 saturated carbocycles. The minimum Gasteiger partial charge on any atom is -0.300 e. The predicted molar refractivity (Wildman–Crippen MR) is 67.6 cm³/mol. The number of benzene rings is 1. The van der Waals surface area contributed by atoms with Gasteiger partial charge in [0, 0.05) is 6.04 Å². The first-order chi connectivity index (χ1) is 7.83. The summed E-state index contributed by atoms with van der Waals surface area (Å²) in [5, 5.41) is 0. The van der Waals surface area contributed by atoms with Crippen LogP contribution in [0.3, 0.4) is 0 Å². The first-order valence-electron chi connectivity index (χ1n) is 6.61. The van der Waals surface area contributed by atoms with E-state index in [4.69, 9.17) is 0 Å². The van der Waals surface area contributed by atoms with Crippen LogP contribution in [0.1, 0.15) is 30.4 Å². The van der Waals surface area contributed by atoms with E-state index in [2.05, 4.69) is 36.1 Å². The third kappa shape index (κ3) is 1.89. The Labute approximate surface area is 98.5 Å². The van der Waals surface area contributed by atoms with Gasteiger partial charge in [-0.2, -0.15) is 0 Å². The summed E-state index contributed by atoms with van der Waals surface area (Å²) < 4.78 is 0. The quantitative estimate of drug-likeness (QED) is 0.733. The molecule has 1 unspecified atom stereocenters. The van der Waals surface area contributed by atoms with Crippen molar-refractivity contribution in [3.05, 3.63) is 35.4 Å². The van der Waals surface area contributed by atoms with Crippen molar-refractivity contribution in [2.24, 2.45) is 5.92 Å². The van der Waals surface area contributed by atoms with Crippen LogP contribution in [0.25, 0.3) is 0 Å². The van der Waals surface area contributed by atoms with Gasteiger partial charge in [0.25, 0.3) is 0 Å². The van der Waals surface area contributed by atoms with Crippen molar-refractivity contribution in [1.29, 1.82) is 0 Å². The summed E-state index contributed by atoms with van der Waals surface area (Å²) in [6.07, 6.45) is 5.60. The Morgan fingerprint density at radius 1 is 1.19 bits per heavy atom. The summed E-state index contributed by atoms with van der Waals surface area (Å²) in [5.41, 5.74) is 3.02. The van der Waals surface area contributed by atoms with Crippen LogP contribution in [0, 0.1) is 12.8 Å². The number of hydrogen-bond acceptors (Lipinski definition) is 1. The molecule has 0 radical (unpaired) electrons. The molecule has 3 aliphatic rings. The van der Waals surface area contributed by atoms with Crippen molar-refractivity contribution in [2.75, 3.05) is 13.1 Å². The van der Waals surface area contributed by atoms with Gasteiger partial charge in [0.1, 0.15) is 0 Å².